The van der Waals surface area contributed by atoms with Crippen LogP contribution in [0.1, 0.15) is 38.5 Å². The summed E-state index contributed by atoms with van der Waals surface area (Å²) in [6.07, 6.45) is 7.65. The molecule has 0 aromatic rings. The summed E-state index contributed by atoms with van der Waals surface area (Å²) in [6, 6.07) is 0. The van der Waals surface area contributed by atoms with E-state index >= 15 is 0 Å². The average molecular weight is 460 g/mol. The van der Waals surface area contributed by atoms with E-state index in [0.29, 0.717) is 28.1 Å². The molecule has 3 fully saturated rings. The molecule has 3 rings (SSSR count). The highest BCUT2D eigenvalue weighted by Gasteiger charge is 2.38. The zero-order valence-corrected chi connectivity index (χ0v) is 20.7. The van der Waals surface area contributed by atoms with Gasteiger partial charge in [0.1, 0.15) is 18.3 Å². The van der Waals surface area contributed by atoms with Crippen molar-refractivity contribution in [3.63, 3.8) is 0 Å². The van der Waals surface area contributed by atoms with Gasteiger partial charge in [0.05, 0.1) is 39.6 Å². The van der Waals surface area contributed by atoms with Gasteiger partial charge in [-0.3, -0.25) is 0 Å². The molecular weight excluding hydrogens is 420 g/mol. The van der Waals surface area contributed by atoms with Crippen LogP contribution >= 0.6 is 0 Å². The number of ether oxygens (including phenoxy) is 6. The van der Waals surface area contributed by atoms with Gasteiger partial charge in [-0.2, -0.15) is 0 Å². The van der Waals surface area contributed by atoms with Crippen molar-refractivity contribution in [2.24, 2.45) is 0 Å². The third kappa shape index (κ3) is 10.2. The first kappa shape index (κ1) is 24.8. The van der Waals surface area contributed by atoms with Gasteiger partial charge in [0, 0.05) is 19.8 Å². The normalized spacial score (nSPS) is 26.7. The fraction of sp³-hybridized carbons (Fsp3) is 1.00. The number of rotatable bonds is 21. The van der Waals surface area contributed by atoms with E-state index in [9.17, 15) is 0 Å². The Bertz CT molecular complexity index is 404. The van der Waals surface area contributed by atoms with Crippen LogP contribution in [0.5, 0.6) is 0 Å². The van der Waals surface area contributed by atoms with Crippen molar-refractivity contribution in [2.75, 3.05) is 59.5 Å². The van der Waals surface area contributed by atoms with Gasteiger partial charge < -0.3 is 32.5 Å². The van der Waals surface area contributed by atoms with Crippen LogP contribution in [0.3, 0.4) is 0 Å². The Hall–Kier alpha value is 0.154. The molecular formula is C21H39O7Si2. The van der Waals surface area contributed by atoms with E-state index in [1.807, 2.05) is 0 Å². The van der Waals surface area contributed by atoms with Crippen molar-refractivity contribution in [2.45, 2.75) is 75.0 Å². The van der Waals surface area contributed by atoms with Crippen LogP contribution in [0.25, 0.3) is 0 Å². The fourth-order valence-electron chi connectivity index (χ4n) is 3.84. The molecule has 3 saturated heterocycles. The zero-order valence-electron chi connectivity index (χ0n) is 18.7. The van der Waals surface area contributed by atoms with E-state index in [0.717, 1.165) is 98.0 Å². The van der Waals surface area contributed by atoms with E-state index < -0.39 is 9.04 Å². The predicted molar refractivity (Wildman–Crippen MR) is 116 cm³/mol. The van der Waals surface area contributed by atoms with E-state index in [1.54, 1.807) is 0 Å². The molecule has 0 amide bonds. The number of hydrogen-bond acceptors (Lipinski definition) is 7. The van der Waals surface area contributed by atoms with Crippen LogP contribution in [0.4, 0.5) is 0 Å². The molecule has 3 radical (unpaired) electrons. The van der Waals surface area contributed by atoms with Crippen LogP contribution in [0, 0.1) is 0 Å². The highest BCUT2D eigenvalue weighted by Crippen LogP contribution is 2.46. The second-order valence-electron chi connectivity index (χ2n) is 8.54. The van der Waals surface area contributed by atoms with Gasteiger partial charge in [-0.15, -0.1) is 0 Å². The van der Waals surface area contributed by atoms with Gasteiger partial charge in [0.15, 0.2) is 0 Å². The lowest BCUT2D eigenvalue weighted by Crippen LogP contribution is -2.35. The lowest BCUT2D eigenvalue weighted by molar-refractivity contribution is 0.0962. The highest BCUT2D eigenvalue weighted by molar-refractivity contribution is 6.60. The minimum absolute atomic E-state index is 0.228. The molecule has 3 unspecified atom stereocenters. The standard InChI is InChI=1S/C21H39O7Si2/c1-29-28-30(2)21(6-3-9-22-12-18-15-25-18,7-4-10-23-13-19-16-26-19)8-5-11-24-14-20-17-27-20/h18-20H,3-17H2,1-2H3. The first-order valence-electron chi connectivity index (χ1n) is 11.5. The summed E-state index contributed by atoms with van der Waals surface area (Å²) in [6.45, 7) is 11.7. The molecule has 3 aliphatic heterocycles. The third-order valence-electron chi connectivity index (χ3n) is 5.95. The molecule has 0 aliphatic carbocycles. The van der Waals surface area contributed by atoms with E-state index in [2.05, 4.69) is 13.1 Å². The summed E-state index contributed by atoms with van der Waals surface area (Å²) in [7, 11) is -0.395. The Kier molecular flexibility index (Phi) is 11.3. The van der Waals surface area contributed by atoms with Crippen molar-refractivity contribution < 1.29 is 32.5 Å². The Morgan fingerprint density at radius 1 is 0.767 bits per heavy atom. The van der Waals surface area contributed by atoms with Crippen LogP contribution in [-0.2, 0) is 32.5 Å². The molecule has 0 bridgehead atoms. The first-order valence-corrected chi connectivity index (χ1v) is 14.8. The maximum Gasteiger partial charge on any atom is 0.211 e. The Morgan fingerprint density at radius 2 is 1.13 bits per heavy atom. The van der Waals surface area contributed by atoms with Crippen molar-refractivity contribution >= 4 is 18.8 Å². The lowest BCUT2D eigenvalue weighted by atomic mass is 9.91. The Labute approximate surface area is 186 Å². The van der Waals surface area contributed by atoms with Gasteiger partial charge in [-0.1, -0.05) is 0 Å². The molecule has 3 atom stereocenters. The highest BCUT2D eigenvalue weighted by atomic mass is 28.3. The molecule has 7 nitrogen and oxygen atoms in total. The summed E-state index contributed by atoms with van der Waals surface area (Å²) >= 11 is 0. The first-order chi connectivity index (χ1) is 14.7. The smallest absolute Gasteiger partial charge is 0.211 e. The molecule has 0 aromatic heterocycles. The van der Waals surface area contributed by atoms with Gasteiger partial charge >= 0.3 is 0 Å². The quantitative estimate of drug-likeness (QED) is 0.148. The monoisotopic (exact) mass is 459 g/mol. The van der Waals surface area contributed by atoms with Crippen LogP contribution in [-0.4, -0.2) is 96.6 Å². The van der Waals surface area contributed by atoms with Gasteiger partial charge in [-0.25, -0.2) is 0 Å². The minimum atomic E-state index is -0.939. The van der Waals surface area contributed by atoms with Crippen LogP contribution in [0.15, 0.2) is 0 Å². The molecule has 9 heteroatoms. The predicted octanol–water partition coefficient (Wildman–Crippen LogP) is 2.62. The second kappa shape index (κ2) is 13.6. The zero-order chi connectivity index (χ0) is 21.1. The van der Waals surface area contributed by atoms with Crippen molar-refractivity contribution in [1.29, 1.82) is 0 Å². The van der Waals surface area contributed by atoms with Crippen molar-refractivity contribution in [3.05, 3.63) is 0 Å². The van der Waals surface area contributed by atoms with Gasteiger partial charge in [0.2, 0.25) is 18.8 Å². The fourth-order valence-corrected chi connectivity index (χ4v) is 7.52. The summed E-state index contributed by atoms with van der Waals surface area (Å²) in [5, 5.41) is 0.228. The van der Waals surface area contributed by atoms with Gasteiger partial charge in [-0.05, 0) is 56.7 Å². The van der Waals surface area contributed by atoms with E-state index in [-0.39, 0.29) is 5.04 Å². The molecule has 30 heavy (non-hydrogen) atoms. The maximum absolute atomic E-state index is 6.27. The molecule has 173 valence electrons. The SMILES string of the molecule is C[Si]O[Si](C)C(CCCOCC1CO1)(CCCOCC1CO1)CCCOCC1CO1. The van der Waals surface area contributed by atoms with Crippen molar-refractivity contribution in [3.8, 4) is 0 Å². The average Bonchev–Trinajstić information content (AvgIpc) is 3.58. The molecule has 3 aliphatic rings. The summed E-state index contributed by atoms with van der Waals surface area (Å²) in [5.41, 5.74) is 0. The summed E-state index contributed by atoms with van der Waals surface area (Å²) in [5.74, 6) is 0. The van der Waals surface area contributed by atoms with E-state index in [1.165, 1.54) is 0 Å². The summed E-state index contributed by atoms with van der Waals surface area (Å²) < 4.78 is 39.4. The van der Waals surface area contributed by atoms with Crippen LogP contribution < -0.4 is 0 Å². The lowest BCUT2D eigenvalue weighted by Gasteiger charge is -2.38. The van der Waals surface area contributed by atoms with E-state index in [4.69, 9.17) is 32.5 Å². The summed E-state index contributed by atoms with van der Waals surface area (Å²) in [4.78, 5) is 0. The largest absolute Gasteiger partial charge is 0.456 e. The second-order valence-corrected chi connectivity index (χ2v) is 11.9. The maximum atomic E-state index is 6.27. The van der Waals surface area contributed by atoms with Crippen molar-refractivity contribution in [1.82, 2.24) is 0 Å². The number of hydrogen-bond donors (Lipinski definition) is 0. The Balaban J connectivity index is 1.44. The Morgan fingerprint density at radius 3 is 1.43 bits per heavy atom. The third-order valence-corrected chi connectivity index (χ3v) is 10.2. The van der Waals surface area contributed by atoms with Crippen LogP contribution in [0.2, 0.25) is 18.1 Å². The van der Waals surface area contributed by atoms with Gasteiger partial charge in [0.25, 0.3) is 0 Å². The molecule has 0 aromatic carbocycles. The minimum Gasteiger partial charge on any atom is -0.456 e. The topological polar surface area (TPSA) is 74.5 Å². The molecule has 0 N–H and O–H groups in total. The molecule has 0 saturated carbocycles. The molecule has 3 heterocycles. The number of epoxide rings is 3. The molecule has 0 spiro atoms.